The number of fused-ring (bicyclic) bond motifs is 1. The number of nitro benzene ring substituents is 1. The van der Waals surface area contributed by atoms with Crippen LogP contribution in [0.2, 0.25) is 5.02 Å². The molecule has 30 heavy (non-hydrogen) atoms. The Hall–Kier alpha value is -3.97. The minimum Gasteiger partial charge on any atom is -0.350 e. The summed E-state index contributed by atoms with van der Waals surface area (Å²) in [6.07, 6.45) is 1.49. The van der Waals surface area contributed by atoms with Crippen LogP contribution in [0.15, 0.2) is 77.9 Å². The normalized spacial score (nSPS) is 11.1. The van der Waals surface area contributed by atoms with Gasteiger partial charge in [-0.15, -0.1) is 0 Å². The van der Waals surface area contributed by atoms with Gasteiger partial charge in [-0.05, 0) is 29.3 Å². The van der Waals surface area contributed by atoms with E-state index in [0.29, 0.717) is 21.5 Å². The summed E-state index contributed by atoms with van der Waals surface area (Å²) in [6, 6.07) is 20.7. The third-order valence-corrected chi connectivity index (χ3v) is 4.75. The largest absolute Gasteiger partial charge is 0.350 e. The van der Waals surface area contributed by atoms with Gasteiger partial charge in [-0.1, -0.05) is 54.1 Å². The van der Waals surface area contributed by atoms with Crippen LogP contribution in [0.1, 0.15) is 16.1 Å². The number of aromatic amines is 1. The topological polar surface area (TPSA) is 100 Å². The number of nitrogens with one attached hydrogen (secondary N) is 2. The predicted octanol–water partition coefficient (Wildman–Crippen LogP) is 5.16. The van der Waals surface area contributed by atoms with E-state index < -0.39 is 10.8 Å². The Morgan fingerprint density at radius 2 is 1.87 bits per heavy atom. The lowest BCUT2D eigenvalue weighted by atomic mass is 10.0. The Balaban J connectivity index is 1.74. The van der Waals surface area contributed by atoms with Crippen molar-refractivity contribution in [2.45, 2.75) is 0 Å². The van der Waals surface area contributed by atoms with Gasteiger partial charge in [-0.25, -0.2) is 5.43 Å². The molecule has 3 aromatic carbocycles. The van der Waals surface area contributed by atoms with E-state index >= 15 is 0 Å². The van der Waals surface area contributed by atoms with E-state index in [2.05, 4.69) is 15.5 Å². The zero-order valence-corrected chi connectivity index (χ0v) is 16.3. The van der Waals surface area contributed by atoms with Crippen LogP contribution in [0.4, 0.5) is 5.69 Å². The van der Waals surface area contributed by atoms with E-state index in [1.807, 2.05) is 30.3 Å². The van der Waals surface area contributed by atoms with Crippen LogP contribution in [-0.2, 0) is 0 Å². The minimum atomic E-state index is -0.467. The molecule has 148 valence electrons. The number of aromatic nitrogens is 1. The van der Waals surface area contributed by atoms with Crippen molar-refractivity contribution in [1.82, 2.24) is 10.4 Å². The maximum Gasteiger partial charge on any atom is 0.288 e. The highest BCUT2D eigenvalue weighted by atomic mass is 35.5. The van der Waals surface area contributed by atoms with Crippen LogP contribution in [0.3, 0.4) is 0 Å². The quantitative estimate of drug-likeness (QED) is 0.266. The molecular weight excluding hydrogens is 404 g/mol. The van der Waals surface area contributed by atoms with Gasteiger partial charge in [-0.3, -0.25) is 14.9 Å². The van der Waals surface area contributed by atoms with E-state index in [1.54, 1.807) is 30.3 Å². The van der Waals surface area contributed by atoms with Crippen molar-refractivity contribution in [3.63, 3.8) is 0 Å². The summed E-state index contributed by atoms with van der Waals surface area (Å²) in [5.74, 6) is -0.467. The molecule has 0 atom stereocenters. The van der Waals surface area contributed by atoms with Crippen LogP contribution >= 0.6 is 11.6 Å². The van der Waals surface area contributed by atoms with Gasteiger partial charge in [0.2, 0.25) is 0 Å². The number of carbonyl (C=O) groups excluding carboxylic acids is 1. The van der Waals surface area contributed by atoms with E-state index in [9.17, 15) is 14.9 Å². The fourth-order valence-electron chi connectivity index (χ4n) is 3.18. The number of hydrazone groups is 1. The Morgan fingerprint density at radius 1 is 1.07 bits per heavy atom. The first-order chi connectivity index (χ1) is 14.5. The number of hydrogen-bond acceptors (Lipinski definition) is 4. The first-order valence-corrected chi connectivity index (χ1v) is 9.35. The molecular formula is C22H15ClN4O3. The zero-order valence-electron chi connectivity index (χ0n) is 15.5. The summed E-state index contributed by atoms with van der Waals surface area (Å²) in [5, 5.41) is 16.4. The fraction of sp³-hybridized carbons (Fsp3) is 0. The molecule has 0 aliphatic carbocycles. The maximum absolute atomic E-state index is 12.9. The SMILES string of the molecule is O=C(N/N=C/c1cccc(Cl)c1)c1[nH]c2ccc([N+](=O)[O-])cc2c1-c1ccccc1. The Kier molecular flexibility index (Phi) is 5.28. The Labute approximate surface area is 176 Å². The van der Waals surface area contributed by atoms with Crippen molar-refractivity contribution in [3.8, 4) is 11.1 Å². The Bertz CT molecular complexity index is 1280. The molecule has 0 unspecified atom stereocenters. The van der Waals surface area contributed by atoms with E-state index in [-0.39, 0.29) is 11.4 Å². The number of non-ortho nitro benzene ring substituents is 1. The van der Waals surface area contributed by atoms with Crippen LogP contribution in [-0.4, -0.2) is 22.0 Å². The highest BCUT2D eigenvalue weighted by molar-refractivity contribution is 6.30. The zero-order chi connectivity index (χ0) is 21.1. The number of nitro groups is 1. The molecule has 0 spiro atoms. The van der Waals surface area contributed by atoms with Crippen LogP contribution in [0.25, 0.3) is 22.0 Å². The van der Waals surface area contributed by atoms with Crippen LogP contribution < -0.4 is 5.43 Å². The second kappa shape index (κ2) is 8.18. The molecule has 4 aromatic rings. The van der Waals surface area contributed by atoms with Crippen molar-refractivity contribution >= 4 is 40.3 Å². The van der Waals surface area contributed by atoms with Crippen molar-refractivity contribution in [3.05, 3.63) is 99.2 Å². The number of benzene rings is 3. The van der Waals surface area contributed by atoms with Gasteiger partial charge in [0.25, 0.3) is 11.6 Å². The summed E-state index contributed by atoms with van der Waals surface area (Å²) < 4.78 is 0. The highest BCUT2D eigenvalue weighted by Gasteiger charge is 2.21. The summed E-state index contributed by atoms with van der Waals surface area (Å²) in [5.41, 5.74) is 5.39. The fourth-order valence-corrected chi connectivity index (χ4v) is 3.38. The standard InChI is InChI=1S/C22H15ClN4O3/c23-16-8-4-5-14(11-16)13-24-26-22(28)21-20(15-6-2-1-3-7-15)18-12-17(27(29)30)9-10-19(18)25-21/h1-13,25H,(H,26,28)/b24-13+. The molecule has 2 N–H and O–H groups in total. The number of nitrogens with zero attached hydrogens (tertiary/aromatic N) is 2. The Morgan fingerprint density at radius 3 is 2.60 bits per heavy atom. The predicted molar refractivity (Wildman–Crippen MR) is 117 cm³/mol. The molecule has 7 nitrogen and oxygen atoms in total. The molecule has 8 heteroatoms. The van der Waals surface area contributed by atoms with Gasteiger partial charge in [-0.2, -0.15) is 5.10 Å². The van der Waals surface area contributed by atoms with E-state index in [4.69, 9.17) is 11.6 Å². The monoisotopic (exact) mass is 418 g/mol. The number of halogens is 1. The average Bonchev–Trinajstić information content (AvgIpc) is 3.13. The molecule has 0 fully saturated rings. The molecule has 1 amide bonds. The van der Waals surface area contributed by atoms with Crippen molar-refractivity contribution in [2.24, 2.45) is 5.10 Å². The van der Waals surface area contributed by atoms with E-state index in [1.165, 1.54) is 18.3 Å². The number of amides is 1. The molecule has 0 bridgehead atoms. The van der Waals surface area contributed by atoms with Gasteiger partial charge in [0.15, 0.2) is 0 Å². The summed E-state index contributed by atoms with van der Waals surface area (Å²) in [6.45, 7) is 0. The first-order valence-electron chi connectivity index (χ1n) is 8.97. The van der Waals surface area contributed by atoms with Gasteiger partial charge >= 0.3 is 0 Å². The third-order valence-electron chi connectivity index (χ3n) is 4.51. The number of H-pyrrole nitrogens is 1. The third kappa shape index (κ3) is 3.92. The van der Waals surface area contributed by atoms with Gasteiger partial charge in [0.1, 0.15) is 5.69 Å². The molecule has 0 radical (unpaired) electrons. The molecule has 4 rings (SSSR count). The minimum absolute atomic E-state index is 0.0513. The molecule has 1 heterocycles. The summed E-state index contributed by atoms with van der Waals surface area (Å²) >= 11 is 5.95. The van der Waals surface area contributed by atoms with E-state index in [0.717, 1.165) is 11.1 Å². The van der Waals surface area contributed by atoms with Crippen molar-refractivity contribution in [2.75, 3.05) is 0 Å². The summed E-state index contributed by atoms with van der Waals surface area (Å²) in [7, 11) is 0. The lowest BCUT2D eigenvalue weighted by Crippen LogP contribution is -2.18. The lowest BCUT2D eigenvalue weighted by molar-refractivity contribution is -0.384. The van der Waals surface area contributed by atoms with Gasteiger partial charge < -0.3 is 4.98 Å². The van der Waals surface area contributed by atoms with Crippen LogP contribution in [0, 0.1) is 10.1 Å². The second-order valence-corrected chi connectivity index (χ2v) is 6.92. The van der Waals surface area contributed by atoms with Gasteiger partial charge in [0, 0.05) is 33.6 Å². The smallest absolute Gasteiger partial charge is 0.288 e. The van der Waals surface area contributed by atoms with Gasteiger partial charge in [0.05, 0.1) is 11.1 Å². The van der Waals surface area contributed by atoms with Crippen LogP contribution in [0.5, 0.6) is 0 Å². The van der Waals surface area contributed by atoms with Crippen molar-refractivity contribution < 1.29 is 9.72 Å². The highest BCUT2D eigenvalue weighted by Crippen LogP contribution is 2.34. The first kappa shape index (κ1) is 19.4. The maximum atomic E-state index is 12.9. The molecule has 0 aliphatic rings. The molecule has 0 saturated heterocycles. The lowest BCUT2D eigenvalue weighted by Gasteiger charge is -2.04. The number of carbonyl (C=O) groups is 1. The number of hydrogen-bond donors (Lipinski definition) is 2. The molecule has 0 saturated carbocycles. The average molecular weight is 419 g/mol. The molecule has 1 aromatic heterocycles. The second-order valence-electron chi connectivity index (χ2n) is 6.48. The summed E-state index contributed by atoms with van der Waals surface area (Å²) in [4.78, 5) is 26.7. The number of rotatable bonds is 5. The molecule has 0 aliphatic heterocycles. The van der Waals surface area contributed by atoms with Crippen molar-refractivity contribution in [1.29, 1.82) is 0 Å².